The fourth-order valence-corrected chi connectivity index (χ4v) is 3.39. The van der Waals surface area contributed by atoms with Crippen molar-refractivity contribution in [1.29, 1.82) is 5.26 Å². The van der Waals surface area contributed by atoms with Crippen LogP contribution in [-0.4, -0.2) is 19.1 Å². The number of rotatable bonds is 2. The molecule has 0 aliphatic heterocycles. The van der Waals surface area contributed by atoms with E-state index in [4.69, 9.17) is 9.97 Å². The van der Waals surface area contributed by atoms with Crippen molar-refractivity contribution in [2.45, 2.75) is 6.92 Å². The first kappa shape index (κ1) is 15.4. The minimum Gasteiger partial charge on any atom is -0.309 e. The number of hydrogen-bond donors (Lipinski definition) is 0. The Morgan fingerprint density at radius 1 is 0.852 bits per heavy atom. The van der Waals surface area contributed by atoms with Gasteiger partial charge < -0.3 is 4.57 Å². The van der Waals surface area contributed by atoms with Gasteiger partial charge >= 0.3 is 0 Å². The van der Waals surface area contributed by atoms with Crippen LogP contribution in [0, 0.1) is 18.3 Å². The lowest BCUT2D eigenvalue weighted by molar-refractivity contribution is 0.941. The molecule has 27 heavy (non-hydrogen) atoms. The second-order valence-electron chi connectivity index (χ2n) is 6.46. The van der Waals surface area contributed by atoms with Gasteiger partial charge in [0.1, 0.15) is 23.0 Å². The van der Waals surface area contributed by atoms with Crippen molar-refractivity contribution in [2.24, 2.45) is 0 Å². The molecule has 0 spiro atoms. The van der Waals surface area contributed by atoms with Crippen molar-refractivity contribution in [3.05, 3.63) is 84.2 Å². The Morgan fingerprint density at radius 3 is 2.19 bits per heavy atom. The predicted octanol–water partition coefficient (Wildman–Crippen LogP) is 4.54. The quantitative estimate of drug-likeness (QED) is 0.470. The normalized spacial score (nSPS) is 11.1. The van der Waals surface area contributed by atoms with Crippen LogP contribution >= 0.6 is 0 Å². The van der Waals surface area contributed by atoms with E-state index in [1.165, 1.54) is 5.56 Å². The summed E-state index contributed by atoms with van der Waals surface area (Å²) in [5.74, 6) is 0.747. The topological polar surface area (TPSA) is 59.4 Å². The Bertz CT molecular complexity index is 1320. The number of benzene rings is 2. The molecule has 5 nitrogen and oxygen atoms in total. The summed E-state index contributed by atoms with van der Waals surface area (Å²) in [5.41, 5.74) is 5.51. The van der Waals surface area contributed by atoms with Crippen molar-refractivity contribution in [1.82, 2.24) is 19.1 Å². The van der Waals surface area contributed by atoms with Crippen LogP contribution < -0.4 is 0 Å². The van der Waals surface area contributed by atoms with Gasteiger partial charge in [-0.05, 0) is 43.3 Å². The zero-order valence-corrected chi connectivity index (χ0v) is 14.7. The average molecular weight is 349 g/mol. The highest BCUT2D eigenvalue weighted by Gasteiger charge is 2.22. The maximum Gasteiger partial charge on any atom is 0.167 e. The zero-order chi connectivity index (χ0) is 18.4. The molecule has 3 heterocycles. The fourth-order valence-electron chi connectivity index (χ4n) is 3.39. The second-order valence-corrected chi connectivity index (χ2v) is 6.46. The number of aromatic nitrogens is 4. The average Bonchev–Trinajstić information content (AvgIpc) is 3.32. The van der Waals surface area contributed by atoms with Crippen LogP contribution in [0.1, 0.15) is 11.1 Å². The maximum atomic E-state index is 9.95. The molecule has 0 amide bonds. The highest BCUT2D eigenvalue weighted by molar-refractivity contribution is 5.92. The van der Waals surface area contributed by atoms with E-state index >= 15 is 0 Å². The van der Waals surface area contributed by atoms with Crippen molar-refractivity contribution in [3.8, 4) is 17.6 Å². The van der Waals surface area contributed by atoms with Crippen LogP contribution in [0.4, 0.5) is 0 Å². The molecule has 3 aromatic heterocycles. The van der Waals surface area contributed by atoms with Gasteiger partial charge in [-0.2, -0.15) is 5.26 Å². The minimum absolute atomic E-state index is 0.514. The van der Waals surface area contributed by atoms with Gasteiger partial charge in [0.05, 0.1) is 11.0 Å². The molecule has 5 rings (SSSR count). The Hall–Kier alpha value is -3.91. The maximum absolute atomic E-state index is 9.95. The van der Waals surface area contributed by atoms with Crippen molar-refractivity contribution >= 4 is 22.2 Å². The molecule has 128 valence electrons. The van der Waals surface area contributed by atoms with Gasteiger partial charge in [0, 0.05) is 18.1 Å². The van der Waals surface area contributed by atoms with Gasteiger partial charge in [-0.3, -0.25) is 4.57 Å². The van der Waals surface area contributed by atoms with Gasteiger partial charge in [-0.25, -0.2) is 9.97 Å². The number of nitrogens with zero attached hydrogens (tertiary/aromatic N) is 5. The highest BCUT2D eigenvalue weighted by atomic mass is 15.2. The van der Waals surface area contributed by atoms with Crippen molar-refractivity contribution < 1.29 is 0 Å². The molecular formula is C22H15N5. The van der Waals surface area contributed by atoms with E-state index in [-0.39, 0.29) is 0 Å². The third-order valence-corrected chi connectivity index (χ3v) is 4.69. The van der Waals surface area contributed by atoms with E-state index in [9.17, 15) is 5.26 Å². The summed E-state index contributed by atoms with van der Waals surface area (Å²) in [6.07, 6.45) is 3.86. The molecule has 0 saturated heterocycles. The summed E-state index contributed by atoms with van der Waals surface area (Å²) < 4.78 is 3.94. The molecular weight excluding hydrogens is 334 g/mol. The summed E-state index contributed by atoms with van der Waals surface area (Å²) in [4.78, 5) is 9.62. The number of hydrogen-bond acceptors (Lipinski definition) is 3. The predicted molar refractivity (Wildman–Crippen MR) is 105 cm³/mol. The summed E-state index contributed by atoms with van der Waals surface area (Å²) in [6, 6.07) is 22.2. The van der Waals surface area contributed by atoms with Crippen molar-refractivity contribution in [2.75, 3.05) is 0 Å². The Labute approximate surface area is 155 Å². The van der Waals surface area contributed by atoms with Gasteiger partial charge in [0.2, 0.25) is 0 Å². The summed E-state index contributed by atoms with van der Waals surface area (Å²) in [7, 11) is 0. The SMILES string of the molecule is Cc1ccc(-n2c(-n3cccc3)c(C#N)c3nc4ccccc4nc32)cc1. The Balaban J connectivity index is 1.98. The molecule has 0 atom stereocenters. The lowest BCUT2D eigenvalue weighted by atomic mass is 10.2. The summed E-state index contributed by atoms with van der Waals surface area (Å²) in [5, 5.41) is 9.95. The Kier molecular flexibility index (Phi) is 3.31. The molecule has 0 aliphatic carbocycles. The van der Waals surface area contributed by atoms with Gasteiger partial charge in [0.15, 0.2) is 5.65 Å². The molecule has 0 aliphatic rings. The summed E-state index contributed by atoms with van der Waals surface area (Å²) in [6.45, 7) is 2.05. The number of aryl methyl sites for hydroxylation is 1. The fraction of sp³-hybridized carbons (Fsp3) is 0.0455. The number of nitriles is 1. The standard InChI is InChI=1S/C22H15N5/c1-15-8-10-16(11-9-15)27-21-20(24-18-6-2-3-7-19(18)25-21)17(14-23)22(27)26-12-4-5-13-26/h2-13H,1H3. The van der Waals surface area contributed by atoms with Gasteiger partial charge in [-0.1, -0.05) is 29.8 Å². The first-order valence-corrected chi connectivity index (χ1v) is 8.68. The monoisotopic (exact) mass is 349 g/mol. The van der Waals surface area contributed by atoms with Crippen LogP contribution in [0.15, 0.2) is 73.1 Å². The van der Waals surface area contributed by atoms with Gasteiger partial charge in [0.25, 0.3) is 0 Å². The Morgan fingerprint density at radius 2 is 1.52 bits per heavy atom. The third kappa shape index (κ3) is 2.31. The first-order chi connectivity index (χ1) is 13.3. The molecule has 0 saturated carbocycles. The molecule has 2 aromatic carbocycles. The van der Waals surface area contributed by atoms with E-state index in [2.05, 4.69) is 25.1 Å². The molecule has 0 unspecified atom stereocenters. The first-order valence-electron chi connectivity index (χ1n) is 8.68. The molecule has 0 fully saturated rings. The van der Waals surface area contributed by atoms with Crippen LogP contribution in [0.2, 0.25) is 0 Å². The summed E-state index contributed by atoms with van der Waals surface area (Å²) >= 11 is 0. The smallest absolute Gasteiger partial charge is 0.167 e. The molecule has 0 N–H and O–H groups in total. The van der Waals surface area contributed by atoms with Crippen LogP contribution in [0.3, 0.4) is 0 Å². The van der Waals surface area contributed by atoms with E-state index in [1.807, 2.05) is 70.1 Å². The minimum atomic E-state index is 0.514. The number of fused-ring (bicyclic) bond motifs is 2. The highest BCUT2D eigenvalue weighted by Crippen LogP contribution is 2.31. The van der Waals surface area contributed by atoms with E-state index in [1.54, 1.807) is 0 Å². The van der Waals surface area contributed by atoms with E-state index in [0.717, 1.165) is 22.5 Å². The number of para-hydroxylation sites is 2. The molecule has 5 heteroatoms. The van der Waals surface area contributed by atoms with Crippen LogP contribution in [-0.2, 0) is 0 Å². The lowest BCUT2D eigenvalue weighted by Crippen LogP contribution is -2.04. The molecule has 5 aromatic rings. The van der Waals surface area contributed by atoms with E-state index in [0.29, 0.717) is 16.7 Å². The largest absolute Gasteiger partial charge is 0.309 e. The van der Waals surface area contributed by atoms with Gasteiger partial charge in [-0.15, -0.1) is 0 Å². The molecule has 0 bridgehead atoms. The zero-order valence-electron chi connectivity index (χ0n) is 14.7. The van der Waals surface area contributed by atoms with E-state index < -0.39 is 0 Å². The van der Waals surface area contributed by atoms with Crippen LogP contribution in [0.25, 0.3) is 33.7 Å². The van der Waals surface area contributed by atoms with Crippen LogP contribution in [0.5, 0.6) is 0 Å². The van der Waals surface area contributed by atoms with Crippen molar-refractivity contribution in [3.63, 3.8) is 0 Å². The third-order valence-electron chi connectivity index (χ3n) is 4.69. The second kappa shape index (κ2) is 5.82. The molecule has 0 radical (unpaired) electrons. The lowest BCUT2D eigenvalue weighted by Gasteiger charge is -2.11.